The maximum absolute atomic E-state index is 10.7. The van der Waals surface area contributed by atoms with Gasteiger partial charge in [-0.1, -0.05) is 11.3 Å². The third kappa shape index (κ3) is 2.88. The van der Waals surface area contributed by atoms with Crippen LogP contribution in [0.2, 0.25) is 0 Å². The number of fused-ring (bicyclic) bond motifs is 1. The Kier molecular flexibility index (Phi) is 3.79. The van der Waals surface area contributed by atoms with E-state index < -0.39 is 4.92 Å². The molecule has 1 aliphatic heterocycles. The Bertz CT molecular complexity index is 622. The molecule has 2 aromatic rings. The van der Waals surface area contributed by atoms with Gasteiger partial charge in [-0.3, -0.25) is 10.1 Å². The smallest absolute Gasteiger partial charge is 0.274 e. The number of hydrogen-bond acceptors (Lipinski definition) is 6. The van der Waals surface area contributed by atoms with Crippen LogP contribution in [0.25, 0.3) is 10.2 Å². The van der Waals surface area contributed by atoms with Gasteiger partial charge in [-0.2, -0.15) is 0 Å². The first-order valence-corrected chi connectivity index (χ1v) is 7.42. The summed E-state index contributed by atoms with van der Waals surface area (Å²) in [7, 11) is 0. The van der Waals surface area contributed by atoms with Crippen molar-refractivity contribution in [2.45, 2.75) is 12.8 Å². The second kappa shape index (κ2) is 5.72. The van der Waals surface area contributed by atoms with E-state index in [1.807, 2.05) is 0 Å². The van der Waals surface area contributed by atoms with Crippen LogP contribution in [0.3, 0.4) is 0 Å². The lowest BCUT2D eigenvalue weighted by Gasteiger charge is -2.21. The van der Waals surface area contributed by atoms with Crippen LogP contribution in [-0.4, -0.2) is 29.6 Å². The summed E-state index contributed by atoms with van der Waals surface area (Å²) in [6.45, 7) is 2.71. The number of nitrogens with one attached hydrogen (secondary N) is 1. The van der Waals surface area contributed by atoms with Crippen LogP contribution < -0.4 is 10.1 Å². The van der Waals surface area contributed by atoms with E-state index >= 15 is 0 Å². The Morgan fingerprint density at radius 1 is 1.55 bits per heavy atom. The fourth-order valence-electron chi connectivity index (χ4n) is 2.33. The summed E-state index contributed by atoms with van der Waals surface area (Å²) in [5, 5.41) is 14.7. The van der Waals surface area contributed by atoms with E-state index in [-0.39, 0.29) is 5.69 Å². The number of aromatic nitrogens is 1. The molecule has 1 aliphatic rings. The molecule has 106 valence electrons. The number of hydrogen-bond donors (Lipinski definition) is 1. The lowest BCUT2D eigenvalue weighted by atomic mass is 10.0. The van der Waals surface area contributed by atoms with Gasteiger partial charge in [0, 0.05) is 24.6 Å². The van der Waals surface area contributed by atoms with Gasteiger partial charge < -0.3 is 10.1 Å². The van der Waals surface area contributed by atoms with Gasteiger partial charge in [0.05, 0.1) is 21.7 Å². The van der Waals surface area contributed by atoms with E-state index in [1.165, 1.54) is 36.3 Å². The zero-order valence-electron chi connectivity index (χ0n) is 10.9. The van der Waals surface area contributed by atoms with Crippen molar-refractivity contribution in [3.8, 4) is 5.19 Å². The molecule has 1 aromatic carbocycles. The van der Waals surface area contributed by atoms with Crippen molar-refractivity contribution in [3.63, 3.8) is 0 Å². The zero-order valence-corrected chi connectivity index (χ0v) is 11.7. The number of ether oxygens (including phenoxy) is 1. The van der Waals surface area contributed by atoms with E-state index in [1.54, 1.807) is 6.07 Å². The van der Waals surface area contributed by atoms with Gasteiger partial charge in [-0.05, 0) is 25.5 Å². The fourth-order valence-corrected chi connectivity index (χ4v) is 3.13. The highest BCUT2D eigenvalue weighted by Crippen LogP contribution is 2.30. The molecular formula is C13H15N3O3S. The Labute approximate surface area is 119 Å². The molecular weight excluding hydrogens is 278 g/mol. The van der Waals surface area contributed by atoms with Crippen molar-refractivity contribution in [1.29, 1.82) is 0 Å². The summed E-state index contributed by atoms with van der Waals surface area (Å²) in [4.78, 5) is 14.6. The maximum Gasteiger partial charge on any atom is 0.274 e. The molecule has 0 bridgehead atoms. The molecule has 0 amide bonds. The summed E-state index contributed by atoms with van der Waals surface area (Å²) < 4.78 is 6.64. The molecule has 1 aromatic heterocycles. The zero-order chi connectivity index (χ0) is 13.9. The molecule has 7 heteroatoms. The summed E-state index contributed by atoms with van der Waals surface area (Å²) >= 11 is 1.43. The van der Waals surface area contributed by atoms with Crippen LogP contribution in [0.1, 0.15) is 12.8 Å². The summed E-state index contributed by atoms with van der Waals surface area (Å²) in [6, 6.07) is 4.70. The van der Waals surface area contributed by atoms with E-state index in [2.05, 4.69) is 10.3 Å². The monoisotopic (exact) mass is 293 g/mol. The van der Waals surface area contributed by atoms with E-state index in [0.29, 0.717) is 23.2 Å². The summed E-state index contributed by atoms with van der Waals surface area (Å²) in [5.41, 5.74) is 0.687. The second-order valence-electron chi connectivity index (χ2n) is 4.91. The fraction of sp³-hybridized carbons (Fsp3) is 0.462. The van der Waals surface area contributed by atoms with Crippen LogP contribution >= 0.6 is 11.3 Å². The number of non-ortho nitro benzene ring substituents is 1. The first-order chi connectivity index (χ1) is 9.72. The van der Waals surface area contributed by atoms with E-state index in [9.17, 15) is 10.1 Å². The summed E-state index contributed by atoms with van der Waals surface area (Å²) in [6.07, 6.45) is 2.35. The topological polar surface area (TPSA) is 77.3 Å². The molecule has 0 spiro atoms. The predicted octanol–water partition coefficient (Wildman–Crippen LogP) is 2.58. The minimum atomic E-state index is -0.410. The number of nitro groups is 1. The lowest BCUT2D eigenvalue weighted by molar-refractivity contribution is -0.384. The first kappa shape index (κ1) is 13.3. The number of rotatable bonds is 4. The first-order valence-electron chi connectivity index (χ1n) is 6.61. The van der Waals surface area contributed by atoms with Crippen molar-refractivity contribution in [1.82, 2.24) is 10.3 Å². The third-order valence-electron chi connectivity index (χ3n) is 3.40. The molecule has 1 unspecified atom stereocenters. The molecule has 1 N–H and O–H groups in total. The Hall–Kier alpha value is -1.73. The summed E-state index contributed by atoms with van der Waals surface area (Å²) in [5.74, 6) is 0.519. The second-order valence-corrected chi connectivity index (χ2v) is 5.91. The number of benzene rings is 1. The molecule has 1 saturated heterocycles. The molecule has 0 saturated carbocycles. The van der Waals surface area contributed by atoms with Crippen LogP contribution in [0.5, 0.6) is 5.19 Å². The molecule has 6 nitrogen and oxygen atoms in total. The van der Waals surface area contributed by atoms with Gasteiger partial charge in [-0.15, -0.1) is 0 Å². The Morgan fingerprint density at radius 2 is 2.45 bits per heavy atom. The molecule has 20 heavy (non-hydrogen) atoms. The highest BCUT2D eigenvalue weighted by molar-refractivity contribution is 7.20. The lowest BCUT2D eigenvalue weighted by Crippen LogP contribution is -2.33. The minimum absolute atomic E-state index is 0.0610. The average Bonchev–Trinajstić information content (AvgIpc) is 2.88. The standard InChI is InChI=1S/C13H15N3O3S/c17-16(18)10-3-4-12-11(6-10)15-13(20-12)19-8-9-2-1-5-14-7-9/h3-4,6,9,14H,1-2,5,7-8H2. The largest absolute Gasteiger partial charge is 0.470 e. The predicted molar refractivity (Wildman–Crippen MR) is 77.4 cm³/mol. The van der Waals surface area contributed by atoms with Crippen LogP contribution in [0, 0.1) is 16.0 Å². The van der Waals surface area contributed by atoms with Crippen LogP contribution in [0.15, 0.2) is 18.2 Å². The normalized spacial score (nSPS) is 19.1. The van der Waals surface area contributed by atoms with Crippen LogP contribution in [0.4, 0.5) is 5.69 Å². The van der Waals surface area contributed by atoms with Gasteiger partial charge in [0.15, 0.2) is 0 Å². The van der Waals surface area contributed by atoms with Crippen molar-refractivity contribution < 1.29 is 9.66 Å². The van der Waals surface area contributed by atoms with Gasteiger partial charge in [0.2, 0.25) is 0 Å². The molecule has 1 fully saturated rings. The van der Waals surface area contributed by atoms with Crippen molar-refractivity contribution in [3.05, 3.63) is 28.3 Å². The Balaban J connectivity index is 1.70. The van der Waals surface area contributed by atoms with Gasteiger partial charge >= 0.3 is 0 Å². The number of piperidine rings is 1. The molecule has 3 rings (SSSR count). The number of nitro benzene ring substituents is 1. The van der Waals surface area contributed by atoms with Gasteiger partial charge in [-0.25, -0.2) is 4.98 Å². The minimum Gasteiger partial charge on any atom is -0.470 e. The highest BCUT2D eigenvalue weighted by atomic mass is 32.1. The SMILES string of the molecule is O=[N+]([O-])c1ccc2sc(OCC3CCCNC3)nc2c1. The van der Waals surface area contributed by atoms with Crippen LogP contribution in [-0.2, 0) is 0 Å². The Morgan fingerprint density at radius 3 is 3.20 bits per heavy atom. The van der Waals surface area contributed by atoms with Crippen molar-refractivity contribution >= 4 is 27.2 Å². The maximum atomic E-state index is 10.7. The average molecular weight is 293 g/mol. The number of nitrogens with zero attached hydrogens (tertiary/aromatic N) is 2. The number of thiazole rings is 1. The van der Waals surface area contributed by atoms with E-state index in [0.717, 1.165) is 17.8 Å². The van der Waals surface area contributed by atoms with E-state index in [4.69, 9.17) is 4.74 Å². The van der Waals surface area contributed by atoms with Gasteiger partial charge in [0.1, 0.15) is 0 Å². The van der Waals surface area contributed by atoms with Crippen molar-refractivity contribution in [2.75, 3.05) is 19.7 Å². The van der Waals surface area contributed by atoms with Gasteiger partial charge in [0.25, 0.3) is 10.9 Å². The molecule has 0 aliphatic carbocycles. The molecule has 2 heterocycles. The quantitative estimate of drug-likeness (QED) is 0.692. The molecule has 1 atom stereocenters. The molecule has 0 radical (unpaired) electrons. The highest BCUT2D eigenvalue weighted by Gasteiger charge is 2.15. The third-order valence-corrected chi connectivity index (χ3v) is 4.35. The van der Waals surface area contributed by atoms with Crippen molar-refractivity contribution in [2.24, 2.45) is 5.92 Å².